The Kier molecular flexibility index (Phi) is 6.69. The molecule has 0 aliphatic carbocycles. The van der Waals surface area contributed by atoms with Crippen LogP contribution < -0.4 is 4.74 Å². The maximum absolute atomic E-state index is 13.3. The Bertz CT molecular complexity index is 843. The molecule has 0 N–H and O–H groups in total. The summed E-state index contributed by atoms with van der Waals surface area (Å²) in [6, 6.07) is 14.7. The van der Waals surface area contributed by atoms with Gasteiger partial charge in [0.05, 0.1) is 18.0 Å². The lowest BCUT2D eigenvalue weighted by Gasteiger charge is -2.39. The van der Waals surface area contributed by atoms with Gasteiger partial charge in [0.15, 0.2) is 0 Å². The lowest BCUT2D eigenvalue weighted by Crippen LogP contribution is -2.49. The van der Waals surface area contributed by atoms with Gasteiger partial charge >= 0.3 is 0 Å². The summed E-state index contributed by atoms with van der Waals surface area (Å²) in [6.45, 7) is 3.73. The van der Waals surface area contributed by atoms with E-state index in [1.54, 1.807) is 29.6 Å². The van der Waals surface area contributed by atoms with Crippen molar-refractivity contribution in [3.63, 3.8) is 0 Å². The zero-order chi connectivity index (χ0) is 18.0. The van der Waals surface area contributed by atoms with E-state index in [1.165, 1.54) is 0 Å². The highest BCUT2D eigenvalue weighted by atomic mass is 35.5. The molecule has 7 heteroatoms. The van der Waals surface area contributed by atoms with Crippen LogP contribution in [0.5, 0.6) is 5.75 Å². The Morgan fingerprint density at radius 1 is 1.08 bits per heavy atom. The SMILES string of the molecule is COc1ccc(S(=O)(=O)N2CCN(C)CC2c2ccccc2)cc1C.Cl. The zero-order valence-electron chi connectivity index (χ0n) is 15.3. The van der Waals surface area contributed by atoms with Crippen molar-refractivity contribution in [2.75, 3.05) is 33.8 Å². The Balaban J connectivity index is 0.00000243. The maximum Gasteiger partial charge on any atom is 0.243 e. The van der Waals surface area contributed by atoms with E-state index in [-0.39, 0.29) is 18.4 Å². The molecule has 2 aromatic carbocycles. The average Bonchev–Trinajstić information content (AvgIpc) is 2.62. The van der Waals surface area contributed by atoms with Crippen LogP contribution in [0, 0.1) is 6.92 Å². The van der Waals surface area contributed by atoms with Crippen molar-refractivity contribution in [3.05, 3.63) is 59.7 Å². The van der Waals surface area contributed by atoms with Gasteiger partial charge in [-0.1, -0.05) is 30.3 Å². The molecular formula is C19H25ClN2O3S. The van der Waals surface area contributed by atoms with Gasteiger partial charge in [-0.3, -0.25) is 0 Å². The third kappa shape index (κ3) is 4.04. The minimum Gasteiger partial charge on any atom is -0.496 e. The van der Waals surface area contributed by atoms with Gasteiger partial charge in [-0.05, 0) is 43.3 Å². The number of likely N-dealkylation sites (N-methyl/N-ethyl adjacent to an activating group) is 1. The molecule has 0 saturated carbocycles. The van der Waals surface area contributed by atoms with Gasteiger partial charge in [0.25, 0.3) is 0 Å². The van der Waals surface area contributed by atoms with Crippen LogP contribution in [-0.2, 0) is 10.0 Å². The van der Waals surface area contributed by atoms with E-state index in [2.05, 4.69) is 4.90 Å². The van der Waals surface area contributed by atoms with Crippen LogP contribution in [-0.4, -0.2) is 51.4 Å². The molecule has 5 nitrogen and oxygen atoms in total. The van der Waals surface area contributed by atoms with Crippen LogP contribution in [0.4, 0.5) is 0 Å². The standard InChI is InChI=1S/C19H24N2O3S.ClH/c1-15-13-17(9-10-19(15)24-3)25(22,23)21-12-11-20(2)14-18(21)16-7-5-4-6-8-16;/h4-10,13,18H,11-12,14H2,1-3H3;1H. The lowest BCUT2D eigenvalue weighted by atomic mass is 10.1. The van der Waals surface area contributed by atoms with Gasteiger partial charge in [-0.15, -0.1) is 12.4 Å². The van der Waals surface area contributed by atoms with E-state index < -0.39 is 10.0 Å². The molecule has 1 atom stereocenters. The number of piperazine rings is 1. The summed E-state index contributed by atoms with van der Waals surface area (Å²) in [6.07, 6.45) is 0. The van der Waals surface area contributed by atoms with Crippen LogP contribution in [0.25, 0.3) is 0 Å². The fourth-order valence-corrected chi connectivity index (χ4v) is 4.97. The number of aryl methyl sites for hydroxylation is 1. The summed E-state index contributed by atoms with van der Waals surface area (Å²) < 4.78 is 33.5. The quantitative estimate of drug-likeness (QED) is 0.796. The molecule has 1 saturated heterocycles. The van der Waals surface area contributed by atoms with Crippen molar-refractivity contribution >= 4 is 22.4 Å². The van der Waals surface area contributed by atoms with E-state index in [0.29, 0.717) is 23.7 Å². The Labute approximate surface area is 162 Å². The molecule has 0 aromatic heterocycles. The molecule has 0 amide bonds. The summed E-state index contributed by atoms with van der Waals surface area (Å²) in [5, 5.41) is 0. The smallest absolute Gasteiger partial charge is 0.243 e. The fourth-order valence-electron chi connectivity index (χ4n) is 3.28. The van der Waals surface area contributed by atoms with Gasteiger partial charge in [0, 0.05) is 19.6 Å². The first-order chi connectivity index (χ1) is 11.9. The van der Waals surface area contributed by atoms with Gasteiger partial charge < -0.3 is 9.64 Å². The number of halogens is 1. The minimum absolute atomic E-state index is 0. The summed E-state index contributed by atoms with van der Waals surface area (Å²) in [4.78, 5) is 2.49. The van der Waals surface area contributed by atoms with Crippen molar-refractivity contribution in [3.8, 4) is 5.75 Å². The zero-order valence-corrected chi connectivity index (χ0v) is 16.9. The summed E-state index contributed by atoms with van der Waals surface area (Å²) in [5.41, 5.74) is 1.83. The van der Waals surface area contributed by atoms with E-state index in [9.17, 15) is 8.42 Å². The van der Waals surface area contributed by atoms with Gasteiger partial charge in [0.1, 0.15) is 5.75 Å². The first-order valence-electron chi connectivity index (χ1n) is 8.33. The second-order valence-corrected chi connectivity index (χ2v) is 8.33. The fraction of sp³-hybridized carbons (Fsp3) is 0.368. The molecule has 1 fully saturated rings. The van der Waals surface area contributed by atoms with Gasteiger partial charge in [-0.25, -0.2) is 8.42 Å². The van der Waals surface area contributed by atoms with Crippen LogP contribution in [0.3, 0.4) is 0 Å². The molecule has 0 bridgehead atoms. The monoisotopic (exact) mass is 396 g/mol. The van der Waals surface area contributed by atoms with E-state index in [4.69, 9.17) is 4.74 Å². The predicted molar refractivity (Wildman–Crippen MR) is 106 cm³/mol. The van der Waals surface area contributed by atoms with Crippen molar-refractivity contribution in [2.45, 2.75) is 17.9 Å². The lowest BCUT2D eigenvalue weighted by molar-refractivity contribution is 0.160. The van der Waals surface area contributed by atoms with Crippen LogP contribution in [0.2, 0.25) is 0 Å². The summed E-state index contributed by atoms with van der Waals surface area (Å²) in [5.74, 6) is 0.692. The summed E-state index contributed by atoms with van der Waals surface area (Å²) in [7, 11) is 0.0318. The van der Waals surface area contributed by atoms with Crippen LogP contribution in [0.15, 0.2) is 53.4 Å². The molecular weight excluding hydrogens is 372 g/mol. The van der Waals surface area contributed by atoms with Crippen LogP contribution >= 0.6 is 12.4 Å². The molecule has 1 aliphatic rings. The van der Waals surface area contributed by atoms with Gasteiger partial charge in [0.2, 0.25) is 10.0 Å². The summed E-state index contributed by atoms with van der Waals surface area (Å²) >= 11 is 0. The molecule has 1 aliphatic heterocycles. The molecule has 2 aromatic rings. The first kappa shape index (κ1) is 20.7. The molecule has 1 heterocycles. The second kappa shape index (κ2) is 8.39. The molecule has 1 unspecified atom stereocenters. The third-order valence-corrected chi connectivity index (χ3v) is 6.60. The number of benzene rings is 2. The molecule has 0 spiro atoms. The number of methoxy groups -OCH3 is 1. The number of sulfonamides is 1. The topological polar surface area (TPSA) is 49.9 Å². The largest absolute Gasteiger partial charge is 0.496 e. The third-order valence-electron chi connectivity index (χ3n) is 4.69. The Hall–Kier alpha value is -1.60. The highest BCUT2D eigenvalue weighted by Crippen LogP contribution is 2.32. The number of rotatable bonds is 4. The van der Waals surface area contributed by atoms with Crippen molar-refractivity contribution < 1.29 is 13.2 Å². The van der Waals surface area contributed by atoms with E-state index in [1.807, 2.05) is 44.3 Å². The molecule has 142 valence electrons. The van der Waals surface area contributed by atoms with Gasteiger partial charge in [-0.2, -0.15) is 4.31 Å². The van der Waals surface area contributed by atoms with E-state index >= 15 is 0 Å². The predicted octanol–water partition coefficient (Wildman–Crippen LogP) is 3.10. The normalized spacial score (nSPS) is 19.0. The molecule has 0 radical (unpaired) electrons. The Morgan fingerprint density at radius 3 is 2.38 bits per heavy atom. The number of hydrogen-bond acceptors (Lipinski definition) is 4. The van der Waals surface area contributed by atoms with Crippen molar-refractivity contribution in [1.29, 1.82) is 0 Å². The number of ether oxygens (including phenoxy) is 1. The maximum atomic E-state index is 13.3. The first-order valence-corrected chi connectivity index (χ1v) is 9.77. The highest BCUT2D eigenvalue weighted by molar-refractivity contribution is 7.89. The van der Waals surface area contributed by atoms with Crippen molar-refractivity contribution in [1.82, 2.24) is 9.21 Å². The second-order valence-electron chi connectivity index (χ2n) is 6.44. The Morgan fingerprint density at radius 2 is 1.77 bits per heavy atom. The highest BCUT2D eigenvalue weighted by Gasteiger charge is 2.36. The van der Waals surface area contributed by atoms with Crippen molar-refractivity contribution in [2.24, 2.45) is 0 Å². The van der Waals surface area contributed by atoms with Crippen LogP contribution in [0.1, 0.15) is 17.2 Å². The molecule has 3 rings (SSSR count). The minimum atomic E-state index is -3.58. The molecule has 26 heavy (non-hydrogen) atoms. The number of nitrogens with zero attached hydrogens (tertiary/aromatic N) is 2. The van der Waals surface area contributed by atoms with E-state index in [0.717, 1.165) is 17.7 Å². The average molecular weight is 397 g/mol. The number of hydrogen-bond donors (Lipinski definition) is 0.